The number of H-pyrrole nitrogens is 1. The largest absolute Gasteiger partial charge is 0.419 e. The number of fused-ring (bicyclic) bond motifs is 1. The lowest BCUT2D eigenvalue weighted by Gasteiger charge is -2.12. The molecule has 0 aliphatic carbocycles. The predicted molar refractivity (Wildman–Crippen MR) is 77.5 cm³/mol. The van der Waals surface area contributed by atoms with E-state index < -0.39 is 23.1 Å². The van der Waals surface area contributed by atoms with E-state index in [0.717, 1.165) is 6.07 Å². The summed E-state index contributed by atoms with van der Waals surface area (Å²) in [5, 5.41) is 0.278. The molecule has 0 aliphatic heterocycles. The van der Waals surface area contributed by atoms with Crippen LogP contribution in [0.25, 0.3) is 22.3 Å². The minimum Gasteiger partial charge on any atom is -0.306 e. The molecule has 3 nitrogen and oxygen atoms in total. The van der Waals surface area contributed by atoms with Gasteiger partial charge in [0.2, 0.25) is 0 Å². The van der Waals surface area contributed by atoms with Crippen LogP contribution in [0.15, 0.2) is 41.2 Å². The fraction of sp³-hybridized carbons (Fsp3) is 0.125. The highest BCUT2D eigenvalue weighted by Gasteiger charge is 2.35. The maximum atomic E-state index is 14.3. The topological polar surface area (TPSA) is 45.8 Å². The molecule has 1 N–H and O–H groups in total. The van der Waals surface area contributed by atoms with Gasteiger partial charge < -0.3 is 4.98 Å². The molecule has 23 heavy (non-hydrogen) atoms. The summed E-state index contributed by atoms with van der Waals surface area (Å²) in [5.74, 6) is -1.69. The third-order valence-corrected chi connectivity index (χ3v) is 3.39. The number of aromatic amines is 1. The van der Waals surface area contributed by atoms with Crippen molar-refractivity contribution < 1.29 is 17.6 Å². The number of aromatic nitrogens is 2. The second kappa shape index (κ2) is 5.19. The summed E-state index contributed by atoms with van der Waals surface area (Å²) >= 11 is 0. The SMILES string of the molecule is Cc1cc(-c2nc3ccccc3c(=O)[nH]2)c(F)c(C(F)(F)F)c1. The summed E-state index contributed by atoms with van der Waals surface area (Å²) in [5.41, 5.74) is -1.83. The smallest absolute Gasteiger partial charge is 0.306 e. The van der Waals surface area contributed by atoms with Crippen molar-refractivity contribution in [3.63, 3.8) is 0 Å². The van der Waals surface area contributed by atoms with Crippen LogP contribution in [0.5, 0.6) is 0 Å². The molecule has 3 aromatic rings. The molecule has 0 spiro atoms. The van der Waals surface area contributed by atoms with Crippen molar-refractivity contribution in [1.82, 2.24) is 9.97 Å². The van der Waals surface area contributed by atoms with Crippen molar-refractivity contribution in [3.8, 4) is 11.4 Å². The van der Waals surface area contributed by atoms with Crippen LogP contribution in [0.4, 0.5) is 17.6 Å². The van der Waals surface area contributed by atoms with Crippen molar-refractivity contribution in [2.24, 2.45) is 0 Å². The first-order valence-corrected chi connectivity index (χ1v) is 6.64. The number of halogens is 4. The van der Waals surface area contributed by atoms with E-state index in [9.17, 15) is 22.4 Å². The van der Waals surface area contributed by atoms with Gasteiger partial charge in [-0.25, -0.2) is 9.37 Å². The van der Waals surface area contributed by atoms with Gasteiger partial charge in [-0.3, -0.25) is 4.79 Å². The highest BCUT2D eigenvalue weighted by Crippen LogP contribution is 2.35. The lowest BCUT2D eigenvalue weighted by molar-refractivity contribution is -0.139. The Morgan fingerprint density at radius 3 is 2.52 bits per heavy atom. The average molecular weight is 322 g/mol. The molecule has 0 bridgehead atoms. The van der Waals surface area contributed by atoms with Crippen LogP contribution in [0.1, 0.15) is 11.1 Å². The number of alkyl halides is 3. The molecule has 0 unspecified atom stereocenters. The van der Waals surface area contributed by atoms with E-state index in [1.807, 2.05) is 0 Å². The van der Waals surface area contributed by atoms with Gasteiger partial charge in [0, 0.05) is 0 Å². The van der Waals surface area contributed by atoms with Gasteiger partial charge in [0.15, 0.2) is 0 Å². The molecule has 0 saturated heterocycles. The molecule has 2 aromatic carbocycles. The van der Waals surface area contributed by atoms with E-state index >= 15 is 0 Å². The fourth-order valence-corrected chi connectivity index (χ4v) is 2.36. The number of nitrogens with one attached hydrogen (secondary N) is 1. The summed E-state index contributed by atoms with van der Waals surface area (Å²) in [7, 11) is 0. The monoisotopic (exact) mass is 322 g/mol. The Morgan fingerprint density at radius 2 is 1.83 bits per heavy atom. The van der Waals surface area contributed by atoms with Gasteiger partial charge in [-0.1, -0.05) is 12.1 Å². The Labute approximate surface area is 127 Å². The summed E-state index contributed by atoms with van der Waals surface area (Å²) < 4.78 is 53.1. The Kier molecular flexibility index (Phi) is 3.43. The number of rotatable bonds is 1. The van der Waals surface area contributed by atoms with Crippen LogP contribution in [0, 0.1) is 12.7 Å². The lowest BCUT2D eigenvalue weighted by Crippen LogP contribution is -2.13. The van der Waals surface area contributed by atoms with E-state index in [4.69, 9.17) is 0 Å². The first-order valence-electron chi connectivity index (χ1n) is 6.64. The summed E-state index contributed by atoms with van der Waals surface area (Å²) in [6, 6.07) is 8.26. The molecule has 1 aromatic heterocycles. The van der Waals surface area contributed by atoms with Gasteiger partial charge in [-0.05, 0) is 36.8 Å². The Bertz CT molecular complexity index is 960. The minimum absolute atomic E-state index is 0.213. The van der Waals surface area contributed by atoms with Gasteiger partial charge in [-0.15, -0.1) is 0 Å². The molecule has 0 fully saturated rings. The number of nitrogens with zero attached hydrogens (tertiary/aromatic N) is 1. The van der Waals surface area contributed by atoms with Crippen LogP contribution >= 0.6 is 0 Å². The summed E-state index contributed by atoms with van der Waals surface area (Å²) in [6.07, 6.45) is -4.83. The predicted octanol–water partition coefficient (Wildman–Crippen LogP) is 4.06. The van der Waals surface area contributed by atoms with Crippen LogP contribution in [-0.2, 0) is 6.18 Å². The molecule has 0 radical (unpaired) electrons. The minimum atomic E-state index is -4.83. The molecule has 0 atom stereocenters. The molecular weight excluding hydrogens is 312 g/mol. The van der Waals surface area contributed by atoms with E-state index in [-0.39, 0.29) is 27.9 Å². The van der Waals surface area contributed by atoms with Crippen molar-refractivity contribution in [1.29, 1.82) is 0 Å². The van der Waals surface area contributed by atoms with E-state index in [0.29, 0.717) is 0 Å². The fourth-order valence-electron chi connectivity index (χ4n) is 2.36. The van der Waals surface area contributed by atoms with Crippen molar-refractivity contribution in [2.45, 2.75) is 13.1 Å². The van der Waals surface area contributed by atoms with Crippen LogP contribution in [-0.4, -0.2) is 9.97 Å². The molecule has 118 valence electrons. The first-order chi connectivity index (χ1) is 10.8. The summed E-state index contributed by atoms with van der Waals surface area (Å²) in [6.45, 7) is 1.41. The lowest BCUT2D eigenvalue weighted by atomic mass is 10.0. The number of benzene rings is 2. The average Bonchev–Trinajstić information content (AvgIpc) is 2.48. The zero-order chi connectivity index (χ0) is 16.8. The molecule has 3 rings (SSSR count). The zero-order valence-electron chi connectivity index (χ0n) is 11.8. The standard InChI is InChI=1S/C16H10F4N2O/c1-8-6-10(13(17)11(7-8)16(18,19)20)14-21-12-5-3-2-4-9(12)15(23)22-14/h2-7H,1H3,(H,21,22,23). The van der Waals surface area contributed by atoms with Crippen molar-refractivity contribution in [3.05, 3.63) is 63.7 Å². The Morgan fingerprint density at radius 1 is 1.13 bits per heavy atom. The van der Waals surface area contributed by atoms with Gasteiger partial charge in [0.25, 0.3) is 5.56 Å². The maximum absolute atomic E-state index is 14.3. The maximum Gasteiger partial charge on any atom is 0.419 e. The molecular formula is C16H10F4N2O. The second-order valence-electron chi connectivity index (χ2n) is 5.10. The highest BCUT2D eigenvalue weighted by molar-refractivity contribution is 5.79. The molecule has 0 saturated carbocycles. The third-order valence-electron chi connectivity index (χ3n) is 3.39. The van der Waals surface area contributed by atoms with Gasteiger partial charge in [-0.2, -0.15) is 13.2 Å². The van der Waals surface area contributed by atoms with Crippen LogP contribution < -0.4 is 5.56 Å². The normalized spacial score (nSPS) is 11.9. The summed E-state index contributed by atoms with van der Waals surface area (Å²) in [4.78, 5) is 18.4. The van der Waals surface area contributed by atoms with Crippen molar-refractivity contribution in [2.75, 3.05) is 0 Å². The number of hydrogen-bond donors (Lipinski definition) is 1. The Hall–Kier alpha value is -2.70. The zero-order valence-corrected chi connectivity index (χ0v) is 11.8. The highest BCUT2D eigenvalue weighted by atomic mass is 19.4. The van der Waals surface area contributed by atoms with Crippen molar-refractivity contribution >= 4 is 10.9 Å². The molecule has 0 aliphatic rings. The second-order valence-corrected chi connectivity index (χ2v) is 5.10. The van der Waals surface area contributed by atoms with Crippen LogP contribution in [0.3, 0.4) is 0 Å². The van der Waals surface area contributed by atoms with E-state index in [1.54, 1.807) is 12.1 Å². The first kappa shape index (κ1) is 15.2. The van der Waals surface area contributed by atoms with Gasteiger partial charge in [0.1, 0.15) is 11.6 Å². The van der Waals surface area contributed by atoms with E-state index in [2.05, 4.69) is 9.97 Å². The van der Waals surface area contributed by atoms with Gasteiger partial charge >= 0.3 is 6.18 Å². The third kappa shape index (κ3) is 2.69. The Balaban J connectivity index is 2.31. The number of para-hydroxylation sites is 1. The van der Waals surface area contributed by atoms with Crippen LogP contribution in [0.2, 0.25) is 0 Å². The molecule has 1 heterocycles. The quantitative estimate of drug-likeness (QED) is 0.687. The molecule has 0 amide bonds. The van der Waals surface area contributed by atoms with E-state index in [1.165, 1.54) is 25.1 Å². The molecule has 7 heteroatoms. The van der Waals surface area contributed by atoms with Gasteiger partial charge in [0.05, 0.1) is 22.0 Å². The number of hydrogen-bond acceptors (Lipinski definition) is 2. The number of aryl methyl sites for hydroxylation is 1.